The fourth-order valence-corrected chi connectivity index (χ4v) is 8.28. The van der Waals surface area contributed by atoms with Gasteiger partial charge in [-0.1, -0.05) is 23.3 Å². The Labute approximate surface area is 259 Å². The first kappa shape index (κ1) is 29.6. The van der Waals surface area contributed by atoms with Crippen LogP contribution in [0, 0.1) is 23.6 Å². The summed E-state index contributed by atoms with van der Waals surface area (Å²) in [7, 11) is 0. The Kier molecular flexibility index (Phi) is 7.10. The second kappa shape index (κ2) is 10.3. The molecule has 4 aliphatic rings. The van der Waals surface area contributed by atoms with Crippen molar-refractivity contribution in [3.05, 3.63) is 70.5 Å². The van der Waals surface area contributed by atoms with E-state index in [1.807, 2.05) is 0 Å². The highest BCUT2D eigenvalue weighted by molar-refractivity contribution is 6.58. The first-order valence-electron chi connectivity index (χ1n) is 13.6. The molecule has 2 saturated heterocycles. The molecular weight excluding hydrogens is 626 g/mol. The third kappa shape index (κ3) is 4.21. The number of phenols is 1. The van der Waals surface area contributed by atoms with Crippen molar-refractivity contribution in [1.82, 2.24) is 4.90 Å². The smallest absolute Gasteiger partial charge is 0.303 e. The van der Waals surface area contributed by atoms with Crippen LogP contribution in [-0.2, 0) is 24.0 Å². The van der Waals surface area contributed by atoms with Gasteiger partial charge in [-0.3, -0.25) is 28.9 Å². The number of alkyl halides is 2. The summed E-state index contributed by atoms with van der Waals surface area (Å²) in [4.78, 5) is 64.1. The third-order valence-electron chi connectivity index (χ3n) is 9.06. The molecule has 9 nitrogen and oxygen atoms in total. The molecular formula is C30H24Cl3FN2O7. The number of carbonyl (C=O) groups is 5. The first-order chi connectivity index (χ1) is 20.3. The van der Waals surface area contributed by atoms with Crippen LogP contribution < -0.4 is 4.90 Å². The number of carboxylic acid groups (broad SMARTS) is 1. The predicted octanol–water partition coefficient (Wildman–Crippen LogP) is 4.61. The van der Waals surface area contributed by atoms with Crippen molar-refractivity contribution >= 4 is 70.1 Å². The number of phenolic OH excluding ortho intramolecular Hbond substituents is 1. The lowest BCUT2D eigenvalue weighted by atomic mass is 9.56. The third-order valence-corrected chi connectivity index (χ3v) is 10.7. The molecule has 2 aliphatic heterocycles. The number of carbonyl (C=O) groups excluding carboxylic acids is 4. The molecule has 4 amide bonds. The van der Waals surface area contributed by atoms with Gasteiger partial charge in [-0.25, -0.2) is 9.29 Å². The van der Waals surface area contributed by atoms with Gasteiger partial charge in [0.1, 0.15) is 11.6 Å². The van der Waals surface area contributed by atoms with Gasteiger partial charge in [0.15, 0.2) is 9.75 Å². The molecule has 0 radical (unpaired) electrons. The summed E-state index contributed by atoms with van der Waals surface area (Å²) >= 11 is 20.8. The van der Waals surface area contributed by atoms with Crippen LogP contribution in [0.4, 0.5) is 10.1 Å². The van der Waals surface area contributed by atoms with Crippen molar-refractivity contribution < 1.29 is 38.6 Å². The Morgan fingerprint density at radius 3 is 2.37 bits per heavy atom. The molecule has 2 aromatic rings. The minimum absolute atomic E-state index is 0.0338. The van der Waals surface area contributed by atoms with Crippen LogP contribution in [0.5, 0.6) is 5.75 Å². The summed E-state index contributed by atoms with van der Waals surface area (Å²) < 4.78 is 13.7. The number of allylic oxidation sites excluding steroid dienone is 2. The van der Waals surface area contributed by atoms with Crippen molar-refractivity contribution in [2.24, 2.45) is 17.8 Å². The van der Waals surface area contributed by atoms with Gasteiger partial charge in [-0.15, -0.1) is 23.2 Å². The predicted molar refractivity (Wildman–Crippen MR) is 153 cm³/mol. The number of hydrogen-bond acceptors (Lipinski definition) is 6. The second-order valence-electron chi connectivity index (χ2n) is 11.3. The number of hydrogen-bond donors (Lipinski definition) is 2. The van der Waals surface area contributed by atoms with Crippen molar-refractivity contribution in [3.63, 3.8) is 0 Å². The molecule has 2 heterocycles. The van der Waals surface area contributed by atoms with E-state index in [1.54, 1.807) is 6.08 Å². The highest BCUT2D eigenvalue weighted by Gasteiger charge is 2.76. The number of likely N-dealkylation sites (tertiary alicyclic amines) is 1. The van der Waals surface area contributed by atoms with Crippen LogP contribution in [0.2, 0.25) is 5.02 Å². The highest BCUT2D eigenvalue weighted by atomic mass is 35.5. The van der Waals surface area contributed by atoms with Crippen molar-refractivity contribution in [3.8, 4) is 5.75 Å². The minimum atomic E-state index is -2.20. The molecule has 6 rings (SSSR count). The van der Waals surface area contributed by atoms with E-state index in [0.717, 1.165) is 21.9 Å². The molecule has 224 valence electrons. The van der Waals surface area contributed by atoms with E-state index < -0.39 is 68.8 Å². The standard InChI is InChI=1S/C30H24Cl3FN2O7/c31-14-3-10-21(37)19(12-14)24-17-8-9-18-23(26(41)35(25(18)40)11-1-2-22(38)39)20(17)13-29(32)27(42)36(28(43)30(24,29)33)16-6-4-15(34)5-7-16/h3-8,10,12,18,20,23-24,37H,1-2,9,11,13H2,(H,38,39)/t18-,20+,23-,24+,29+,30-/m0/s1. The van der Waals surface area contributed by atoms with Crippen LogP contribution in [0.1, 0.15) is 37.2 Å². The topological polar surface area (TPSA) is 132 Å². The molecule has 3 fully saturated rings. The molecule has 0 spiro atoms. The number of nitrogens with zero attached hydrogens (tertiary/aromatic N) is 2. The molecule has 2 N–H and O–H groups in total. The van der Waals surface area contributed by atoms with Crippen LogP contribution in [0.15, 0.2) is 54.1 Å². The summed E-state index contributed by atoms with van der Waals surface area (Å²) in [5, 5.41) is 20.2. The number of fused-ring (bicyclic) bond motifs is 4. The summed E-state index contributed by atoms with van der Waals surface area (Å²) in [6.45, 7) is -0.0846. The SMILES string of the molecule is O=C(O)CCCN1C(=O)[C@H]2[C@H](CC=C3[C@H]2C[C@@]2(Cl)C(=O)N(c4ccc(F)cc4)C(=O)[C@@]2(Cl)[C@H]3c2cc(Cl)ccc2O)C1=O. The minimum Gasteiger partial charge on any atom is -0.508 e. The average Bonchev–Trinajstić information content (AvgIpc) is 3.28. The average molecular weight is 650 g/mol. The number of benzene rings is 2. The zero-order valence-electron chi connectivity index (χ0n) is 22.3. The number of carboxylic acids is 1. The fraction of sp³-hybridized carbons (Fsp3) is 0.367. The Hall–Kier alpha value is -3.47. The first-order valence-corrected chi connectivity index (χ1v) is 14.7. The van der Waals surface area contributed by atoms with E-state index in [0.29, 0.717) is 5.57 Å². The van der Waals surface area contributed by atoms with E-state index in [1.165, 1.54) is 30.3 Å². The molecule has 2 aliphatic carbocycles. The Bertz CT molecular complexity index is 1630. The molecule has 43 heavy (non-hydrogen) atoms. The van der Waals surface area contributed by atoms with Gasteiger partial charge in [0.25, 0.3) is 11.8 Å². The van der Waals surface area contributed by atoms with Crippen LogP contribution >= 0.6 is 34.8 Å². The largest absolute Gasteiger partial charge is 0.508 e. The van der Waals surface area contributed by atoms with Gasteiger partial charge in [0.2, 0.25) is 11.8 Å². The van der Waals surface area contributed by atoms with E-state index >= 15 is 0 Å². The Morgan fingerprint density at radius 2 is 1.70 bits per heavy atom. The molecule has 0 bridgehead atoms. The normalized spacial score (nSPS) is 31.6. The van der Waals surface area contributed by atoms with Crippen molar-refractivity contribution in [1.29, 1.82) is 0 Å². The monoisotopic (exact) mass is 648 g/mol. The summed E-state index contributed by atoms with van der Waals surface area (Å²) in [6, 6.07) is 8.80. The fourth-order valence-electron chi connectivity index (χ4n) is 7.17. The van der Waals surface area contributed by atoms with Crippen LogP contribution in [-0.4, -0.2) is 61.0 Å². The Balaban J connectivity index is 1.50. The van der Waals surface area contributed by atoms with Crippen LogP contribution in [0.25, 0.3) is 0 Å². The number of aromatic hydroxyl groups is 1. The van der Waals surface area contributed by atoms with E-state index in [-0.39, 0.29) is 54.3 Å². The molecule has 6 atom stereocenters. The van der Waals surface area contributed by atoms with Gasteiger partial charge in [-0.2, -0.15) is 0 Å². The summed E-state index contributed by atoms with van der Waals surface area (Å²) in [5.41, 5.74) is 0.603. The lowest BCUT2D eigenvalue weighted by Crippen LogP contribution is -2.60. The molecule has 1 saturated carbocycles. The quantitative estimate of drug-likeness (QED) is 0.265. The highest BCUT2D eigenvalue weighted by Crippen LogP contribution is 2.66. The lowest BCUT2D eigenvalue weighted by Gasteiger charge is -2.50. The second-order valence-corrected chi connectivity index (χ2v) is 13.0. The van der Waals surface area contributed by atoms with E-state index in [2.05, 4.69) is 0 Å². The summed E-state index contributed by atoms with van der Waals surface area (Å²) in [5.74, 6) is -8.51. The maximum Gasteiger partial charge on any atom is 0.303 e. The lowest BCUT2D eigenvalue weighted by molar-refractivity contribution is -0.142. The van der Waals surface area contributed by atoms with Gasteiger partial charge >= 0.3 is 5.97 Å². The molecule has 13 heteroatoms. The summed E-state index contributed by atoms with van der Waals surface area (Å²) in [6.07, 6.45) is 1.38. The number of amides is 4. The Morgan fingerprint density at radius 1 is 1.00 bits per heavy atom. The number of halogens is 4. The number of anilines is 1. The maximum absolute atomic E-state index is 14.3. The number of rotatable bonds is 6. The molecule has 0 unspecified atom stereocenters. The van der Waals surface area contributed by atoms with Gasteiger partial charge in [0.05, 0.1) is 17.5 Å². The maximum atomic E-state index is 14.3. The van der Waals surface area contributed by atoms with E-state index in [9.17, 15) is 33.5 Å². The molecule has 0 aromatic heterocycles. The number of aliphatic carboxylic acids is 1. The zero-order valence-corrected chi connectivity index (χ0v) is 24.6. The van der Waals surface area contributed by atoms with Gasteiger partial charge in [-0.05, 0) is 67.6 Å². The molecule has 2 aromatic carbocycles. The number of imide groups is 2. The van der Waals surface area contributed by atoms with Crippen molar-refractivity contribution in [2.45, 2.75) is 41.3 Å². The van der Waals surface area contributed by atoms with Crippen molar-refractivity contribution in [2.75, 3.05) is 11.4 Å². The van der Waals surface area contributed by atoms with E-state index in [4.69, 9.17) is 39.9 Å². The van der Waals surface area contributed by atoms with Gasteiger partial charge < -0.3 is 10.2 Å². The van der Waals surface area contributed by atoms with Crippen LogP contribution in [0.3, 0.4) is 0 Å². The van der Waals surface area contributed by atoms with Gasteiger partial charge in [0, 0.05) is 29.5 Å². The zero-order chi connectivity index (χ0) is 31.0.